The van der Waals surface area contributed by atoms with Gasteiger partial charge in [-0.1, -0.05) is 12.1 Å². The number of benzene rings is 2. The van der Waals surface area contributed by atoms with E-state index in [9.17, 15) is 19.1 Å². The van der Waals surface area contributed by atoms with Crippen molar-refractivity contribution < 1.29 is 23.8 Å². The van der Waals surface area contributed by atoms with Crippen molar-refractivity contribution in [1.82, 2.24) is 30.8 Å². The number of phenols is 1. The molecule has 1 aliphatic heterocycles. The molecular weight excluding hydrogens is 631 g/mol. The molecule has 3 heterocycles. The van der Waals surface area contributed by atoms with E-state index in [2.05, 4.69) is 50.7 Å². The van der Waals surface area contributed by atoms with Gasteiger partial charge >= 0.3 is 0 Å². The second-order valence-electron chi connectivity index (χ2n) is 12.9. The van der Waals surface area contributed by atoms with Gasteiger partial charge in [0.1, 0.15) is 28.6 Å². The monoisotopic (exact) mass is 672 g/mol. The Kier molecular flexibility index (Phi) is 10.3. The van der Waals surface area contributed by atoms with E-state index in [0.29, 0.717) is 55.8 Å². The SMILES string of the molecule is Cc1nc(C(=O)N[C@H]2CC[C@H](NC(=O)c3cc(F)cnc3Oc3cccc(-c4cc(O)cc(CN5C[C@@H](C)N[C@@H](C)C5)c4)c3)CC2)cs1. The van der Waals surface area contributed by atoms with Crippen LogP contribution in [0.3, 0.4) is 0 Å². The van der Waals surface area contributed by atoms with Gasteiger partial charge in [-0.3, -0.25) is 14.5 Å². The average Bonchev–Trinajstić information content (AvgIpc) is 3.48. The van der Waals surface area contributed by atoms with Crippen molar-refractivity contribution in [3.05, 3.63) is 87.8 Å². The second kappa shape index (κ2) is 14.8. The van der Waals surface area contributed by atoms with E-state index in [1.165, 1.54) is 11.3 Å². The predicted molar refractivity (Wildman–Crippen MR) is 183 cm³/mol. The van der Waals surface area contributed by atoms with Crippen molar-refractivity contribution in [2.75, 3.05) is 13.1 Å². The molecule has 6 rings (SSSR count). The molecule has 2 aliphatic rings. The number of carbonyl (C=O) groups excluding carboxylic acids is 2. The highest BCUT2D eigenvalue weighted by Crippen LogP contribution is 2.32. The zero-order valence-electron chi connectivity index (χ0n) is 27.3. The first-order chi connectivity index (χ1) is 23.1. The van der Waals surface area contributed by atoms with Gasteiger partial charge in [0.15, 0.2) is 0 Å². The standard InChI is InChI=1S/C36H41FN6O4S/c1-21-17-43(18-22(2)39-21)19-24-11-26(13-30(44)12-24)25-5-4-6-31(14-25)47-36-32(15-27(37)16-38-36)34(45)41-28-7-9-29(10-8-28)42-35(46)33-20-48-23(3)40-33/h4-6,11-16,20-22,28-29,39,44H,7-10,17-19H2,1-3H3,(H,41,45)(H,42,46)/t21-,22+,28-,29-. The number of piperazine rings is 1. The van der Waals surface area contributed by atoms with Crippen LogP contribution in [0.5, 0.6) is 17.4 Å². The van der Waals surface area contributed by atoms with Crippen LogP contribution in [-0.4, -0.2) is 69.0 Å². The summed E-state index contributed by atoms with van der Waals surface area (Å²) in [7, 11) is 0. The molecule has 1 saturated heterocycles. The summed E-state index contributed by atoms with van der Waals surface area (Å²) >= 11 is 1.43. The van der Waals surface area contributed by atoms with Gasteiger partial charge in [-0.05, 0) is 99.5 Å². The molecule has 4 N–H and O–H groups in total. The number of hydrogen-bond acceptors (Lipinski definition) is 9. The third kappa shape index (κ3) is 8.55. The Labute approximate surface area is 283 Å². The van der Waals surface area contributed by atoms with Crippen LogP contribution < -0.4 is 20.7 Å². The summed E-state index contributed by atoms with van der Waals surface area (Å²) in [5.74, 6) is -0.730. The molecule has 2 fully saturated rings. The minimum atomic E-state index is -0.648. The highest BCUT2D eigenvalue weighted by atomic mass is 32.1. The number of aryl methyl sites for hydroxylation is 1. The molecule has 12 heteroatoms. The van der Waals surface area contributed by atoms with E-state index in [1.54, 1.807) is 23.6 Å². The molecule has 2 aromatic heterocycles. The van der Waals surface area contributed by atoms with Crippen LogP contribution in [0.25, 0.3) is 11.1 Å². The molecule has 48 heavy (non-hydrogen) atoms. The summed E-state index contributed by atoms with van der Waals surface area (Å²) in [4.78, 5) is 36.6. The van der Waals surface area contributed by atoms with Gasteiger partial charge in [-0.25, -0.2) is 14.4 Å². The molecule has 1 aliphatic carbocycles. The summed E-state index contributed by atoms with van der Waals surface area (Å²) in [6.07, 6.45) is 3.73. The van der Waals surface area contributed by atoms with Crippen LogP contribution in [0.1, 0.15) is 70.9 Å². The van der Waals surface area contributed by atoms with E-state index in [4.69, 9.17) is 4.74 Å². The molecular formula is C36H41FN6O4S. The minimum absolute atomic E-state index is 0.00569. The Hall–Kier alpha value is -4.39. The molecule has 2 amide bonds. The molecule has 10 nitrogen and oxygen atoms in total. The zero-order valence-corrected chi connectivity index (χ0v) is 28.1. The van der Waals surface area contributed by atoms with Gasteiger partial charge in [-0.2, -0.15) is 0 Å². The Morgan fingerprint density at radius 2 is 1.71 bits per heavy atom. The van der Waals surface area contributed by atoms with Crippen molar-refractivity contribution in [1.29, 1.82) is 0 Å². The first-order valence-electron chi connectivity index (χ1n) is 16.4. The minimum Gasteiger partial charge on any atom is -0.508 e. The molecule has 0 radical (unpaired) electrons. The highest BCUT2D eigenvalue weighted by molar-refractivity contribution is 7.09. The van der Waals surface area contributed by atoms with Crippen molar-refractivity contribution >= 4 is 23.2 Å². The Morgan fingerprint density at radius 1 is 1.00 bits per heavy atom. The fourth-order valence-electron chi connectivity index (χ4n) is 6.65. The van der Waals surface area contributed by atoms with Gasteiger partial charge < -0.3 is 25.8 Å². The van der Waals surface area contributed by atoms with Crippen LogP contribution >= 0.6 is 11.3 Å². The lowest BCUT2D eigenvalue weighted by atomic mass is 9.91. The normalized spacial score (nSPS) is 21.4. The fraction of sp³-hybridized carbons (Fsp3) is 0.389. The summed E-state index contributed by atoms with van der Waals surface area (Å²) in [5.41, 5.74) is 3.06. The number of nitrogens with one attached hydrogen (secondary N) is 3. The lowest BCUT2D eigenvalue weighted by Gasteiger charge is -2.36. The van der Waals surface area contributed by atoms with Gasteiger partial charge in [-0.15, -0.1) is 11.3 Å². The Balaban J connectivity index is 1.10. The van der Waals surface area contributed by atoms with Crippen molar-refractivity contribution in [3.8, 4) is 28.5 Å². The number of phenolic OH excluding ortho intramolecular Hbond substituents is 1. The van der Waals surface area contributed by atoms with Crippen LogP contribution in [0.2, 0.25) is 0 Å². The van der Waals surface area contributed by atoms with Crippen LogP contribution in [-0.2, 0) is 6.54 Å². The average molecular weight is 673 g/mol. The molecule has 0 unspecified atom stereocenters. The number of thiazole rings is 1. The first kappa shape index (κ1) is 33.5. The highest BCUT2D eigenvalue weighted by Gasteiger charge is 2.27. The number of hydrogen-bond donors (Lipinski definition) is 4. The number of pyridine rings is 1. The second-order valence-corrected chi connectivity index (χ2v) is 14.0. The number of aromatic hydroxyl groups is 1. The number of aromatic nitrogens is 2. The molecule has 2 atom stereocenters. The maximum absolute atomic E-state index is 14.3. The van der Waals surface area contributed by atoms with Crippen LogP contribution in [0, 0.1) is 12.7 Å². The maximum atomic E-state index is 14.3. The predicted octanol–water partition coefficient (Wildman–Crippen LogP) is 5.80. The smallest absolute Gasteiger partial charge is 0.270 e. The molecule has 252 valence electrons. The van der Waals surface area contributed by atoms with E-state index in [1.807, 2.05) is 25.1 Å². The van der Waals surface area contributed by atoms with Crippen molar-refractivity contribution in [2.24, 2.45) is 0 Å². The fourth-order valence-corrected chi connectivity index (χ4v) is 7.25. The topological polar surface area (TPSA) is 129 Å². The van der Waals surface area contributed by atoms with Crippen molar-refractivity contribution in [2.45, 2.75) is 77.2 Å². The van der Waals surface area contributed by atoms with Gasteiger partial charge in [0.25, 0.3) is 11.8 Å². The summed E-state index contributed by atoms with van der Waals surface area (Å²) in [6.45, 7) is 8.77. The quantitative estimate of drug-likeness (QED) is 0.176. The number of nitrogens with zero attached hydrogens (tertiary/aromatic N) is 3. The van der Waals surface area contributed by atoms with E-state index in [0.717, 1.165) is 47.1 Å². The van der Waals surface area contributed by atoms with Crippen molar-refractivity contribution in [3.63, 3.8) is 0 Å². The third-order valence-electron chi connectivity index (χ3n) is 8.71. The van der Waals surface area contributed by atoms with Crippen LogP contribution in [0.15, 0.2) is 60.1 Å². The number of halogens is 1. The summed E-state index contributed by atoms with van der Waals surface area (Å²) in [5, 5.41) is 22.8. The Bertz CT molecular complexity index is 1760. The largest absolute Gasteiger partial charge is 0.508 e. The number of ether oxygens (including phenoxy) is 1. The molecule has 0 spiro atoms. The third-order valence-corrected chi connectivity index (χ3v) is 9.48. The van der Waals surface area contributed by atoms with Crippen LogP contribution in [0.4, 0.5) is 4.39 Å². The molecule has 4 aromatic rings. The summed E-state index contributed by atoms with van der Waals surface area (Å²) in [6, 6.07) is 14.6. The lowest BCUT2D eigenvalue weighted by molar-refractivity contribution is 0.0888. The van der Waals surface area contributed by atoms with E-state index >= 15 is 0 Å². The number of rotatable bonds is 9. The van der Waals surface area contributed by atoms with E-state index < -0.39 is 11.7 Å². The molecule has 1 saturated carbocycles. The number of carbonyl (C=O) groups is 2. The lowest BCUT2D eigenvalue weighted by Crippen LogP contribution is -2.53. The molecule has 2 aromatic carbocycles. The zero-order chi connectivity index (χ0) is 33.8. The number of amides is 2. The Morgan fingerprint density at radius 3 is 2.40 bits per heavy atom. The summed E-state index contributed by atoms with van der Waals surface area (Å²) < 4.78 is 20.4. The molecule has 0 bridgehead atoms. The van der Waals surface area contributed by atoms with E-state index in [-0.39, 0.29) is 35.2 Å². The maximum Gasteiger partial charge on any atom is 0.270 e. The van der Waals surface area contributed by atoms with Gasteiger partial charge in [0, 0.05) is 49.2 Å². The van der Waals surface area contributed by atoms with Gasteiger partial charge in [0.2, 0.25) is 5.88 Å². The van der Waals surface area contributed by atoms with Gasteiger partial charge in [0.05, 0.1) is 11.2 Å². The first-order valence-corrected chi connectivity index (χ1v) is 17.2.